The van der Waals surface area contributed by atoms with Gasteiger partial charge in [-0.05, 0) is 74.5 Å². The van der Waals surface area contributed by atoms with E-state index in [1.165, 1.54) is 17.7 Å². The van der Waals surface area contributed by atoms with Crippen LogP contribution in [0, 0.1) is 23.6 Å². The standard InChI is InChI=1S/C23H26FN3O2/c1-13(23(28)27-15-4-7-25-8-5-15)22-17-11-16(12-18(17)22)29-21-6-9-26-20-3-2-14(24)10-19(20)21/h2-3,6,9-11,13,15-16,18,22,25H,4-5,7-8,12H2,1H3,(H,27,28)/t13?,16-,18+,22+/m0/s1. The number of benzene rings is 1. The Balaban J connectivity index is 1.22. The van der Waals surface area contributed by atoms with Crippen LogP contribution in [0.1, 0.15) is 26.2 Å². The van der Waals surface area contributed by atoms with Crippen molar-refractivity contribution in [3.8, 4) is 5.75 Å². The van der Waals surface area contributed by atoms with Crippen molar-refractivity contribution in [2.45, 2.75) is 38.3 Å². The van der Waals surface area contributed by atoms with Gasteiger partial charge >= 0.3 is 0 Å². The van der Waals surface area contributed by atoms with Crippen LogP contribution in [0.25, 0.3) is 10.9 Å². The summed E-state index contributed by atoms with van der Waals surface area (Å²) in [6, 6.07) is 6.64. The summed E-state index contributed by atoms with van der Waals surface area (Å²) in [6.45, 7) is 3.99. The zero-order valence-electron chi connectivity index (χ0n) is 16.5. The Labute approximate surface area is 169 Å². The molecule has 152 valence electrons. The van der Waals surface area contributed by atoms with E-state index in [4.69, 9.17) is 4.74 Å². The minimum Gasteiger partial charge on any atom is -0.486 e. The summed E-state index contributed by atoms with van der Waals surface area (Å²) in [5, 5.41) is 7.24. The summed E-state index contributed by atoms with van der Waals surface area (Å²) >= 11 is 0. The number of carbonyl (C=O) groups excluding carboxylic acids is 1. The molecule has 2 fully saturated rings. The van der Waals surface area contributed by atoms with Crippen molar-refractivity contribution < 1.29 is 13.9 Å². The molecule has 29 heavy (non-hydrogen) atoms. The van der Waals surface area contributed by atoms with E-state index in [1.807, 2.05) is 6.92 Å². The predicted octanol–water partition coefficient (Wildman–Crippen LogP) is 3.20. The van der Waals surface area contributed by atoms with Crippen molar-refractivity contribution in [2.24, 2.45) is 17.8 Å². The van der Waals surface area contributed by atoms with Gasteiger partial charge in [0.25, 0.3) is 0 Å². The van der Waals surface area contributed by atoms with Crippen LogP contribution in [0.3, 0.4) is 0 Å². The van der Waals surface area contributed by atoms with Gasteiger partial charge in [0.05, 0.1) is 5.52 Å². The Morgan fingerprint density at radius 1 is 1.31 bits per heavy atom. The van der Waals surface area contributed by atoms with Crippen molar-refractivity contribution in [3.63, 3.8) is 0 Å². The molecule has 5 nitrogen and oxygen atoms in total. The molecule has 6 heteroatoms. The zero-order valence-corrected chi connectivity index (χ0v) is 16.5. The first-order valence-electron chi connectivity index (χ1n) is 10.5. The molecule has 2 aromatic rings. The molecule has 2 aliphatic carbocycles. The third kappa shape index (κ3) is 3.62. The molecule has 0 spiro atoms. The molecule has 2 N–H and O–H groups in total. The van der Waals surface area contributed by atoms with Gasteiger partial charge in [-0.1, -0.05) is 12.5 Å². The second kappa shape index (κ2) is 7.41. The van der Waals surface area contributed by atoms with Crippen molar-refractivity contribution in [2.75, 3.05) is 13.1 Å². The van der Waals surface area contributed by atoms with Crippen LogP contribution in [0.4, 0.5) is 4.39 Å². The number of nitrogens with zero attached hydrogens (tertiary/aromatic N) is 1. The number of carbonyl (C=O) groups is 1. The fraction of sp³-hybridized carbons (Fsp3) is 0.478. The summed E-state index contributed by atoms with van der Waals surface area (Å²) in [4.78, 5) is 16.9. The van der Waals surface area contributed by atoms with Crippen molar-refractivity contribution >= 4 is 16.8 Å². The van der Waals surface area contributed by atoms with E-state index in [2.05, 4.69) is 21.7 Å². The molecule has 0 radical (unpaired) electrons. The van der Waals surface area contributed by atoms with Gasteiger partial charge < -0.3 is 15.4 Å². The molecular formula is C23H26FN3O2. The highest BCUT2D eigenvalue weighted by molar-refractivity contribution is 5.85. The molecule has 5 rings (SSSR count). The Morgan fingerprint density at radius 2 is 2.14 bits per heavy atom. The maximum absolute atomic E-state index is 13.6. The maximum Gasteiger partial charge on any atom is 0.223 e. The average molecular weight is 395 g/mol. The van der Waals surface area contributed by atoms with E-state index in [0.717, 1.165) is 37.9 Å². The van der Waals surface area contributed by atoms with Gasteiger partial charge in [-0.2, -0.15) is 0 Å². The number of halogens is 1. The highest BCUT2D eigenvalue weighted by atomic mass is 19.1. The number of hydrogen-bond acceptors (Lipinski definition) is 4. The van der Waals surface area contributed by atoms with Gasteiger partial charge in [0.1, 0.15) is 17.7 Å². The van der Waals surface area contributed by atoms with E-state index < -0.39 is 0 Å². The minimum absolute atomic E-state index is 0.00191. The molecule has 4 atom stereocenters. The first-order chi connectivity index (χ1) is 14.1. The lowest BCUT2D eigenvalue weighted by molar-refractivity contribution is -0.126. The smallest absolute Gasteiger partial charge is 0.223 e. The van der Waals surface area contributed by atoms with Crippen LogP contribution >= 0.6 is 0 Å². The number of ether oxygens (including phenoxy) is 1. The molecule has 1 unspecified atom stereocenters. The lowest BCUT2D eigenvalue weighted by Gasteiger charge is -2.25. The highest BCUT2D eigenvalue weighted by Crippen LogP contribution is 2.57. The third-order valence-corrected chi connectivity index (χ3v) is 6.58. The van der Waals surface area contributed by atoms with E-state index in [1.54, 1.807) is 18.3 Å². The van der Waals surface area contributed by atoms with Crippen LogP contribution in [0.15, 0.2) is 42.1 Å². The van der Waals surface area contributed by atoms with Gasteiger partial charge in [0.15, 0.2) is 0 Å². The number of pyridine rings is 1. The number of amides is 1. The SMILES string of the molecule is CC(C(=O)NC1CCNCC1)[C@@H]1C2=C[C@H](Oc3ccnc4ccc(F)cc34)C[C@H]21. The van der Waals surface area contributed by atoms with E-state index in [-0.39, 0.29) is 23.7 Å². The van der Waals surface area contributed by atoms with Gasteiger partial charge in [-0.25, -0.2) is 4.39 Å². The predicted molar refractivity (Wildman–Crippen MR) is 109 cm³/mol. The molecule has 3 aliphatic rings. The van der Waals surface area contributed by atoms with Crippen molar-refractivity contribution in [1.82, 2.24) is 15.6 Å². The second-order valence-electron chi connectivity index (χ2n) is 8.48. The van der Waals surface area contributed by atoms with E-state index >= 15 is 0 Å². The Hall–Kier alpha value is -2.47. The molecule has 1 saturated carbocycles. The normalized spacial score (nSPS) is 27.2. The topological polar surface area (TPSA) is 63.2 Å². The number of aromatic nitrogens is 1. The first-order valence-corrected chi connectivity index (χ1v) is 10.5. The van der Waals surface area contributed by atoms with Gasteiger partial charge in [0, 0.05) is 23.5 Å². The number of nitrogens with one attached hydrogen (secondary N) is 2. The number of piperidine rings is 1. The largest absolute Gasteiger partial charge is 0.486 e. The Bertz CT molecular complexity index is 970. The summed E-state index contributed by atoms with van der Waals surface area (Å²) in [6.07, 6.45) is 6.71. The van der Waals surface area contributed by atoms with E-state index in [9.17, 15) is 9.18 Å². The van der Waals surface area contributed by atoms with Gasteiger partial charge in [-0.15, -0.1) is 0 Å². The van der Waals surface area contributed by atoms with Gasteiger partial charge in [-0.3, -0.25) is 9.78 Å². The molecule has 1 aromatic carbocycles. The van der Waals surface area contributed by atoms with Crippen LogP contribution in [0.2, 0.25) is 0 Å². The highest BCUT2D eigenvalue weighted by Gasteiger charge is 2.53. The molecule has 1 amide bonds. The molecular weight excluding hydrogens is 369 g/mol. The molecule has 1 aromatic heterocycles. The number of fused-ring (bicyclic) bond motifs is 2. The van der Waals surface area contributed by atoms with Crippen molar-refractivity contribution in [1.29, 1.82) is 0 Å². The number of allylic oxidation sites excluding steroid dienone is 1. The second-order valence-corrected chi connectivity index (χ2v) is 8.48. The molecule has 1 saturated heterocycles. The first kappa shape index (κ1) is 18.6. The van der Waals surface area contributed by atoms with Crippen LogP contribution in [-0.2, 0) is 4.79 Å². The Morgan fingerprint density at radius 3 is 2.90 bits per heavy atom. The minimum atomic E-state index is -0.295. The molecule has 1 aliphatic heterocycles. The zero-order chi connectivity index (χ0) is 20.0. The molecule has 0 bridgehead atoms. The third-order valence-electron chi connectivity index (χ3n) is 6.58. The number of hydrogen-bond donors (Lipinski definition) is 2. The fourth-order valence-electron chi connectivity index (χ4n) is 4.95. The maximum atomic E-state index is 13.6. The van der Waals surface area contributed by atoms with Gasteiger partial charge in [0.2, 0.25) is 5.91 Å². The fourth-order valence-corrected chi connectivity index (χ4v) is 4.95. The van der Waals surface area contributed by atoms with Crippen LogP contribution in [0.5, 0.6) is 5.75 Å². The quantitative estimate of drug-likeness (QED) is 0.764. The molecule has 2 heterocycles. The van der Waals surface area contributed by atoms with Crippen molar-refractivity contribution in [3.05, 3.63) is 47.9 Å². The average Bonchev–Trinajstić information content (AvgIpc) is 3.23. The monoisotopic (exact) mass is 395 g/mol. The summed E-state index contributed by atoms with van der Waals surface area (Å²) < 4.78 is 19.8. The van der Waals surface area contributed by atoms with E-state index in [0.29, 0.717) is 29.0 Å². The summed E-state index contributed by atoms with van der Waals surface area (Å²) in [5.74, 6) is 1.30. The summed E-state index contributed by atoms with van der Waals surface area (Å²) in [7, 11) is 0. The van der Waals surface area contributed by atoms with Crippen LogP contribution in [-0.4, -0.2) is 36.1 Å². The number of rotatable bonds is 5. The van der Waals surface area contributed by atoms with Crippen LogP contribution < -0.4 is 15.4 Å². The lowest BCUT2D eigenvalue weighted by atomic mass is 9.98. The lowest BCUT2D eigenvalue weighted by Crippen LogP contribution is -2.45. The Kier molecular flexibility index (Phi) is 4.74. The summed E-state index contributed by atoms with van der Waals surface area (Å²) in [5.41, 5.74) is 2.06.